The van der Waals surface area contributed by atoms with E-state index >= 15 is 0 Å². The van der Waals surface area contributed by atoms with Crippen LogP contribution in [0.4, 0.5) is 0 Å². The molecule has 0 fully saturated rings. The second-order valence-electron chi connectivity index (χ2n) is 4.91. The zero-order valence-electron chi connectivity index (χ0n) is 10.8. The average molecular weight is 322 g/mol. The number of nitrogens with zero attached hydrogens (tertiary/aromatic N) is 2. The van der Waals surface area contributed by atoms with Gasteiger partial charge in [0.25, 0.3) is 0 Å². The molecule has 1 heterocycles. The lowest BCUT2D eigenvalue weighted by atomic mass is 10.1. The van der Waals surface area contributed by atoms with Crippen LogP contribution in [0, 0.1) is 5.92 Å². The summed E-state index contributed by atoms with van der Waals surface area (Å²) in [7, 11) is 1.64. The fraction of sp³-hybridized carbons (Fsp3) is 0.667. The minimum atomic E-state index is -0.532. The highest BCUT2D eigenvalue weighted by Crippen LogP contribution is 2.29. The second kappa shape index (κ2) is 5.63. The molecule has 0 aromatic carbocycles. The van der Waals surface area contributed by atoms with Crippen molar-refractivity contribution in [2.24, 2.45) is 5.92 Å². The third-order valence-corrected chi connectivity index (χ3v) is 3.86. The second-order valence-corrected chi connectivity index (χ2v) is 6.06. The molecular formula is C12H18BrClN2O. The fourth-order valence-electron chi connectivity index (χ4n) is 1.35. The van der Waals surface area contributed by atoms with Crippen LogP contribution in [0.1, 0.15) is 39.2 Å². The maximum atomic E-state index is 6.11. The third-order valence-electron chi connectivity index (χ3n) is 2.53. The summed E-state index contributed by atoms with van der Waals surface area (Å²) in [5.74, 6) is 1.12. The Morgan fingerprint density at radius 1 is 1.35 bits per heavy atom. The predicted octanol–water partition coefficient (Wildman–Crippen LogP) is 3.97. The number of aromatic nitrogens is 2. The van der Waals surface area contributed by atoms with E-state index < -0.39 is 5.60 Å². The van der Waals surface area contributed by atoms with E-state index in [-0.39, 0.29) is 0 Å². The van der Waals surface area contributed by atoms with Crippen molar-refractivity contribution in [3.8, 4) is 0 Å². The summed E-state index contributed by atoms with van der Waals surface area (Å²) in [6.45, 7) is 8.13. The summed E-state index contributed by atoms with van der Waals surface area (Å²) < 4.78 is 6.16. The molecule has 0 amide bonds. The largest absolute Gasteiger partial charge is 0.371 e. The SMILES string of the molecule is COC(C)(C)c1nc(Cl)c(Br)c(CC(C)C)n1. The van der Waals surface area contributed by atoms with E-state index in [9.17, 15) is 0 Å². The summed E-state index contributed by atoms with van der Waals surface area (Å²) >= 11 is 9.55. The number of halogens is 2. The zero-order chi connectivity index (χ0) is 13.2. The molecule has 0 aliphatic carbocycles. The van der Waals surface area contributed by atoms with E-state index in [1.165, 1.54) is 0 Å². The van der Waals surface area contributed by atoms with E-state index in [1.807, 2.05) is 13.8 Å². The zero-order valence-corrected chi connectivity index (χ0v) is 13.2. The van der Waals surface area contributed by atoms with Crippen molar-refractivity contribution in [1.82, 2.24) is 9.97 Å². The predicted molar refractivity (Wildman–Crippen MR) is 73.3 cm³/mol. The van der Waals surface area contributed by atoms with Crippen molar-refractivity contribution < 1.29 is 4.74 Å². The number of hydrogen-bond donors (Lipinski definition) is 0. The van der Waals surface area contributed by atoms with Gasteiger partial charge in [-0.25, -0.2) is 9.97 Å². The molecule has 96 valence electrons. The van der Waals surface area contributed by atoms with Gasteiger partial charge in [0.2, 0.25) is 0 Å². The van der Waals surface area contributed by atoms with Gasteiger partial charge >= 0.3 is 0 Å². The summed E-state index contributed by atoms with van der Waals surface area (Å²) in [6.07, 6.45) is 0.857. The van der Waals surface area contributed by atoms with Crippen LogP contribution in [0.25, 0.3) is 0 Å². The smallest absolute Gasteiger partial charge is 0.161 e. The Hall–Kier alpha value is -0.190. The van der Waals surface area contributed by atoms with Crippen LogP contribution < -0.4 is 0 Å². The molecule has 0 radical (unpaired) electrons. The van der Waals surface area contributed by atoms with Gasteiger partial charge in [0.1, 0.15) is 10.8 Å². The maximum absolute atomic E-state index is 6.11. The van der Waals surface area contributed by atoms with E-state index in [4.69, 9.17) is 16.3 Å². The van der Waals surface area contributed by atoms with E-state index in [2.05, 4.69) is 39.7 Å². The van der Waals surface area contributed by atoms with E-state index in [0.29, 0.717) is 16.9 Å². The number of methoxy groups -OCH3 is 1. The molecule has 0 spiro atoms. The minimum Gasteiger partial charge on any atom is -0.371 e. The molecule has 1 aromatic heterocycles. The lowest BCUT2D eigenvalue weighted by Crippen LogP contribution is -2.24. The van der Waals surface area contributed by atoms with Crippen molar-refractivity contribution >= 4 is 27.5 Å². The first-order valence-electron chi connectivity index (χ1n) is 5.55. The highest BCUT2D eigenvalue weighted by molar-refractivity contribution is 9.10. The molecule has 3 nitrogen and oxygen atoms in total. The first-order valence-corrected chi connectivity index (χ1v) is 6.72. The van der Waals surface area contributed by atoms with Crippen LogP contribution in [0.3, 0.4) is 0 Å². The molecule has 0 N–H and O–H groups in total. The van der Waals surface area contributed by atoms with Gasteiger partial charge in [-0.05, 0) is 42.1 Å². The molecule has 0 aliphatic rings. The Morgan fingerprint density at radius 2 is 1.94 bits per heavy atom. The van der Waals surface area contributed by atoms with Crippen molar-refractivity contribution in [3.63, 3.8) is 0 Å². The minimum absolute atomic E-state index is 0.441. The molecule has 0 atom stereocenters. The summed E-state index contributed by atoms with van der Waals surface area (Å²) in [6, 6.07) is 0. The van der Waals surface area contributed by atoms with Crippen LogP contribution in [0.2, 0.25) is 5.15 Å². The van der Waals surface area contributed by atoms with Gasteiger partial charge in [-0.15, -0.1) is 0 Å². The van der Waals surface area contributed by atoms with Gasteiger partial charge in [0.05, 0.1) is 10.2 Å². The van der Waals surface area contributed by atoms with Gasteiger partial charge < -0.3 is 4.74 Å². The fourth-order valence-corrected chi connectivity index (χ4v) is 1.87. The van der Waals surface area contributed by atoms with Crippen molar-refractivity contribution in [2.75, 3.05) is 7.11 Å². The average Bonchev–Trinajstić information content (AvgIpc) is 2.23. The van der Waals surface area contributed by atoms with Gasteiger partial charge in [-0.1, -0.05) is 25.4 Å². The Bertz CT molecular complexity index is 408. The quantitative estimate of drug-likeness (QED) is 0.787. The summed E-state index contributed by atoms with van der Waals surface area (Å²) in [5.41, 5.74) is 0.399. The van der Waals surface area contributed by atoms with Crippen molar-refractivity contribution in [3.05, 3.63) is 21.1 Å². The highest BCUT2D eigenvalue weighted by atomic mass is 79.9. The Labute approximate surface area is 116 Å². The van der Waals surface area contributed by atoms with Gasteiger partial charge in [-0.3, -0.25) is 0 Å². The van der Waals surface area contributed by atoms with Crippen LogP contribution in [0.15, 0.2) is 4.47 Å². The molecule has 0 saturated heterocycles. The molecule has 1 rings (SSSR count). The van der Waals surface area contributed by atoms with Crippen LogP contribution in [-0.4, -0.2) is 17.1 Å². The summed E-state index contributed by atoms with van der Waals surface area (Å²) in [5, 5.41) is 0.441. The van der Waals surface area contributed by atoms with Crippen molar-refractivity contribution in [2.45, 2.75) is 39.7 Å². The molecule has 5 heteroatoms. The Morgan fingerprint density at radius 3 is 2.41 bits per heavy atom. The molecular weight excluding hydrogens is 304 g/mol. The van der Waals surface area contributed by atoms with E-state index in [0.717, 1.165) is 16.6 Å². The topological polar surface area (TPSA) is 35.0 Å². The normalized spacial score (nSPS) is 12.2. The summed E-state index contributed by atoms with van der Waals surface area (Å²) in [4.78, 5) is 8.81. The molecule has 0 saturated carbocycles. The molecule has 0 bridgehead atoms. The van der Waals surface area contributed by atoms with Gasteiger partial charge in [-0.2, -0.15) is 0 Å². The maximum Gasteiger partial charge on any atom is 0.161 e. The van der Waals surface area contributed by atoms with E-state index in [1.54, 1.807) is 7.11 Å². The number of ether oxygens (including phenoxy) is 1. The van der Waals surface area contributed by atoms with Crippen LogP contribution >= 0.6 is 27.5 Å². The standard InChI is InChI=1S/C12H18BrClN2O/c1-7(2)6-8-9(13)10(14)16-11(15-8)12(3,4)17-5/h7H,6H2,1-5H3. The first-order chi connectivity index (χ1) is 7.77. The number of rotatable bonds is 4. The Balaban J connectivity index is 3.23. The van der Waals surface area contributed by atoms with Crippen molar-refractivity contribution in [1.29, 1.82) is 0 Å². The molecule has 1 aromatic rings. The lowest BCUT2D eigenvalue weighted by Gasteiger charge is -2.22. The number of hydrogen-bond acceptors (Lipinski definition) is 3. The lowest BCUT2D eigenvalue weighted by molar-refractivity contribution is 0.0112. The van der Waals surface area contributed by atoms with Gasteiger partial charge in [0.15, 0.2) is 5.82 Å². The first kappa shape index (κ1) is 14.9. The molecule has 0 aliphatic heterocycles. The Kier molecular flexibility index (Phi) is 4.93. The highest BCUT2D eigenvalue weighted by Gasteiger charge is 2.25. The molecule has 0 unspecified atom stereocenters. The monoisotopic (exact) mass is 320 g/mol. The third kappa shape index (κ3) is 3.63. The van der Waals surface area contributed by atoms with Crippen LogP contribution in [0.5, 0.6) is 0 Å². The van der Waals surface area contributed by atoms with Crippen LogP contribution in [-0.2, 0) is 16.8 Å². The van der Waals surface area contributed by atoms with Gasteiger partial charge in [0, 0.05) is 7.11 Å². The molecule has 17 heavy (non-hydrogen) atoms.